The molecule has 1 aliphatic heterocycles. The Hall–Kier alpha value is -2.25. The molecule has 1 aromatic carbocycles. The second-order valence-corrected chi connectivity index (χ2v) is 5.59. The van der Waals surface area contributed by atoms with Gasteiger partial charge in [0, 0.05) is 32.7 Å². The summed E-state index contributed by atoms with van der Waals surface area (Å²) >= 11 is 0. The standard InChI is InChI=1S/C16H20F3N3O2/c1-2-6-20-16(24)22-8-3-7-21(9-10-22)15(23)11-4-5-12(17)14(19)13(11)18/h4-5H,2-3,6-10H2,1H3,(H,20,24). The van der Waals surface area contributed by atoms with Crippen LogP contribution in [0.3, 0.4) is 0 Å². The van der Waals surface area contributed by atoms with E-state index in [-0.39, 0.29) is 12.6 Å². The summed E-state index contributed by atoms with van der Waals surface area (Å²) in [6, 6.07) is 1.46. The van der Waals surface area contributed by atoms with Gasteiger partial charge in [0.15, 0.2) is 17.5 Å². The van der Waals surface area contributed by atoms with Crippen molar-refractivity contribution in [2.24, 2.45) is 0 Å². The minimum Gasteiger partial charge on any atom is -0.338 e. The van der Waals surface area contributed by atoms with Crippen LogP contribution in [-0.2, 0) is 0 Å². The molecule has 132 valence electrons. The maximum absolute atomic E-state index is 13.8. The molecular formula is C16H20F3N3O2. The minimum atomic E-state index is -1.66. The van der Waals surface area contributed by atoms with Crippen molar-refractivity contribution in [3.8, 4) is 0 Å². The van der Waals surface area contributed by atoms with Crippen molar-refractivity contribution in [2.75, 3.05) is 32.7 Å². The van der Waals surface area contributed by atoms with Gasteiger partial charge in [0.05, 0.1) is 5.56 Å². The van der Waals surface area contributed by atoms with Crippen LogP contribution in [0.15, 0.2) is 12.1 Å². The molecular weight excluding hydrogens is 323 g/mol. The number of carbonyl (C=O) groups excluding carboxylic acids is 2. The highest BCUT2D eigenvalue weighted by molar-refractivity contribution is 5.94. The maximum atomic E-state index is 13.8. The molecule has 24 heavy (non-hydrogen) atoms. The molecule has 0 bridgehead atoms. The highest BCUT2D eigenvalue weighted by Crippen LogP contribution is 2.18. The fourth-order valence-electron chi connectivity index (χ4n) is 2.53. The zero-order valence-corrected chi connectivity index (χ0v) is 13.4. The summed E-state index contributed by atoms with van der Waals surface area (Å²) in [7, 11) is 0. The molecule has 1 fully saturated rings. The summed E-state index contributed by atoms with van der Waals surface area (Å²) in [5.41, 5.74) is -0.502. The number of nitrogens with one attached hydrogen (secondary N) is 1. The Labute approximate surface area is 138 Å². The lowest BCUT2D eigenvalue weighted by atomic mass is 10.1. The van der Waals surface area contributed by atoms with Crippen LogP contribution in [0, 0.1) is 17.5 Å². The molecule has 0 aliphatic carbocycles. The van der Waals surface area contributed by atoms with Gasteiger partial charge in [-0.3, -0.25) is 4.79 Å². The van der Waals surface area contributed by atoms with Gasteiger partial charge in [-0.15, -0.1) is 0 Å². The van der Waals surface area contributed by atoms with E-state index in [0.717, 1.165) is 18.6 Å². The van der Waals surface area contributed by atoms with E-state index >= 15 is 0 Å². The molecule has 0 atom stereocenters. The fraction of sp³-hybridized carbons (Fsp3) is 0.500. The molecule has 1 N–H and O–H groups in total. The number of rotatable bonds is 3. The van der Waals surface area contributed by atoms with E-state index in [4.69, 9.17) is 0 Å². The number of halogens is 3. The quantitative estimate of drug-likeness (QED) is 0.857. The summed E-state index contributed by atoms with van der Waals surface area (Å²) in [5, 5.41) is 2.76. The van der Waals surface area contributed by atoms with Crippen molar-refractivity contribution in [3.05, 3.63) is 35.1 Å². The van der Waals surface area contributed by atoms with Gasteiger partial charge >= 0.3 is 6.03 Å². The average molecular weight is 343 g/mol. The first kappa shape index (κ1) is 18.1. The Morgan fingerprint density at radius 1 is 1.04 bits per heavy atom. The number of urea groups is 1. The van der Waals surface area contributed by atoms with Gasteiger partial charge in [-0.2, -0.15) is 0 Å². The zero-order chi connectivity index (χ0) is 17.7. The Bertz CT molecular complexity index is 625. The molecule has 0 saturated carbocycles. The summed E-state index contributed by atoms with van der Waals surface area (Å²) < 4.78 is 40.1. The van der Waals surface area contributed by atoms with Gasteiger partial charge in [0.1, 0.15) is 0 Å². The topological polar surface area (TPSA) is 52.7 Å². The Morgan fingerprint density at radius 3 is 2.42 bits per heavy atom. The monoisotopic (exact) mass is 343 g/mol. The second-order valence-electron chi connectivity index (χ2n) is 5.59. The van der Waals surface area contributed by atoms with Crippen molar-refractivity contribution < 1.29 is 22.8 Å². The predicted molar refractivity (Wildman–Crippen MR) is 82.1 cm³/mol. The Morgan fingerprint density at radius 2 is 1.71 bits per heavy atom. The van der Waals surface area contributed by atoms with Crippen molar-refractivity contribution in [1.29, 1.82) is 0 Å². The minimum absolute atomic E-state index is 0.204. The van der Waals surface area contributed by atoms with Gasteiger partial charge in [-0.25, -0.2) is 18.0 Å². The average Bonchev–Trinajstić information content (AvgIpc) is 2.83. The first-order valence-electron chi connectivity index (χ1n) is 7.91. The molecule has 2 rings (SSSR count). The van der Waals surface area contributed by atoms with Crippen LogP contribution in [-0.4, -0.2) is 54.5 Å². The molecule has 5 nitrogen and oxygen atoms in total. The molecule has 0 unspecified atom stereocenters. The van der Waals surface area contributed by atoms with E-state index < -0.39 is 28.9 Å². The first-order valence-corrected chi connectivity index (χ1v) is 7.91. The second kappa shape index (κ2) is 8.03. The lowest BCUT2D eigenvalue weighted by molar-refractivity contribution is 0.0756. The fourth-order valence-corrected chi connectivity index (χ4v) is 2.53. The first-order chi connectivity index (χ1) is 11.5. The van der Waals surface area contributed by atoms with Crippen molar-refractivity contribution in [1.82, 2.24) is 15.1 Å². The molecule has 1 aromatic rings. The van der Waals surface area contributed by atoms with Gasteiger partial charge < -0.3 is 15.1 Å². The highest BCUT2D eigenvalue weighted by atomic mass is 19.2. The lowest BCUT2D eigenvalue weighted by Crippen LogP contribution is -2.42. The molecule has 1 saturated heterocycles. The largest absolute Gasteiger partial charge is 0.338 e. The Kier molecular flexibility index (Phi) is 6.05. The van der Waals surface area contributed by atoms with Crippen LogP contribution >= 0.6 is 0 Å². The number of hydrogen-bond donors (Lipinski definition) is 1. The van der Waals surface area contributed by atoms with Crippen LogP contribution < -0.4 is 5.32 Å². The smallest absolute Gasteiger partial charge is 0.317 e. The SMILES string of the molecule is CCCNC(=O)N1CCCN(C(=O)c2ccc(F)c(F)c2F)CC1. The van der Waals surface area contributed by atoms with Gasteiger partial charge in [0.25, 0.3) is 5.91 Å². The van der Waals surface area contributed by atoms with Gasteiger partial charge in [-0.05, 0) is 25.0 Å². The highest BCUT2D eigenvalue weighted by Gasteiger charge is 2.26. The summed E-state index contributed by atoms with van der Waals surface area (Å²) in [5.74, 6) is -5.18. The third kappa shape index (κ3) is 3.98. The van der Waals surface area contributed by atoms with E-state index in [2.05, 4.69) is 5.32 Å². The van der Waals surface area contributed by atoms with Gasteiger partial charge in [0.2, 0.25) is 0 Å². The molecule has 0 spiro atoms. The van der Waals surface area contributed by atoms with Crippen LogP contribution in [0.5, 0.6) is 0 Å². The van der Waals surface area contributed by atoms with Crippen molar-refractivity contribution in [3.63, 3.8) is 0 Å². The van der Waals surface area contributed by atoms with Crippen LogP contribution in [0.25, 0.3) is 0 Å². The number of carbonyl (C=O) groups is 2. The molecule has 8 heteroatoms. The number of benzene rings is 1. The normalized spacial score (nSPS) is 15.2. The molecule has 1 aliphatic rings. The zero-order valence-electron chi connectivity index (χ0n) is 13.4. The number of hydrogen-bond acceptors (Lipinski definition) is 2. The van der Waals surface area contributed by atoms with E-state index in [1.807, 2.05) is 6.92 Å². The summed E-state index contributed by atoms with van der Waals surface area (Å²) in [6.45, 7) is 3.80. The number of amides is 3. The molecule has 1 heterocycles. The van der Waals surface area contributed by atoms with Crippen LogP contribution in [0.1, 0.15) is 30.1 Å². The third-order valence-electron chi connectivity index (χ3n) is 3.86. The summed E-state index contributed by atoms with van der Waals surface area (Å²) in [4.78, 5) is 27.3. The lowest BCUT2D eigenvalue weighted by Gasteiger charge is -2.22. The number of nitrogens with zero attached hydrogens (tertiary/aromatic N) is 2. The van der Waals surface area contributed by atoms with E-state index in [0.29, 0.717) is 32.6 Å². The predicted octanol–water partition coefficient (Wildman–Crippen LogP) is 2.37. The Balaban J connectivity index is 2.05. The van der Waals surface area contributed by atoms with Crippen LogP contribution in [0.2, 0.25) is 0 Å². The van der Waals surface area contributed by atoms with Crippen molar-refractivity contribution in [2.45, 2.75) is 19.8 Å². The van der Waals surface area contributed by atoms with Gasteiger partial charge in [-0.1, -0.05) is 6.92 Å². The molecule has 0 aromatic heterocycles. The molecule has 0 radical (unpaired) electrons. The van der Waals surface area contributed by atoms with E-state index in [9.17, 15) is 22.8 Å². The van der Waals surface area contributed by atoms with E-state index in [1.54, 1.807) is 4.90 Å². The van der Waals surface area contributed by atoms with E-state index in [1.165, 1.54) is 4.90 Å². The maximum Gasteiger partial charge on any atom is 0.317 e. The third-order valence-corrected chi connectivity index (χ3v) is 3.86. The summed E-state index contributed by atoms with van der Waals surface area (Å²) in [6.07, 6.45) is 1.34. The van der Waals surface area contributed by atoms with Crippen molar-refractivity contribution >= 4 is 11.9 Å². The molecule has 3 amide bonds. The van der Waals surface area contributed by atoms with Crippen LogP contribution in [0.4, 0.5) is 18.0 Å².